The monoisotopic (exact) mass is 268 g/mol. The van der Waals surface area contributed by atoms with Crippen LogP contribution in [0.3, 0.4) is 0 Å². The lowest BCUT2D eigenvalue weighted by Crippen LogP contribution is -2.46. The minimum Gasteiger partial charge on any atom is -0.383 e. The summed E-state index contributed by atoms with van der Waals surface area (Å²) < 4.78 is 4.96. The van der Waals surface area contributed by atoms with E-state index in [2.05, 4.69) is 5.32 Å². The van der Waals surface area contributed by atoms with Gasteiger partial charge in [-0.15, -0.1) is 0 Å². The number of hydrogen-bond donors (Lipinski definition) is 1. The molecule has 4 heteroatoms. The van der Waals surface area contributed by atoms with Crippen molar-refractivity contribution in [1.29, 1.82) is 0 Å². The van der Waals surface area contributed by atoms with Gasteiger partial charge in [0.25, 0.3) is 0 Å². The maximum absolute atomic E-state index is 12.1. The Morgan fingerprint density at radius 1 is 1.16 bits per heavy atom. The first kappa shape index (κ1) is 14.8. The van der Waals surface area contributed by atoms with Gasteiger partial charge in [-0.25, -0.2) is 0 Å². The molecule has 0 aromatic carbocycles. The lowest BCUT2D eigenvalue weighted by atomic mass is 9.68. The summed E-state index contributed by atoms with van der Waals surface area (Å²) in [5.41, 5.74) is 0.582. The third kappa shape index (κ3) is 4.18. The standard InChI is InChI=1S/C15H28N2O2/c1-19-12-9-16-13-14(18)17-10-7-15(8-11-17)5-3-2-4-6-15/h16H,2-13H2,1H3. The largest absolute Gasteiger partial charge is 0.383 e. The van der Waals surface area contributed by atoms with Crippen molar-refractivity contribution in [2.24, 2.45) is 5.41 Å². The van der Waals surface area contributed by atoms with Gasteiger partial charge in [-0.05, 0) is 31.1 Å². The molecule has 1 aliphatic heterocycles. The number of nitrogens with one attached hydrogen (secondary N) is 1. The molecule has 1 aliphatic carbocycles. The molecular formula is C15H28N2O2. The van der Waals surface area contributed by atoms with Crippen LogP contribution in [0.2, 0.25) is 0 Å². The van der Waals surface area contributed by atoms with E-state index in [4.69, 9.17) is 4.74 Å². The lowest BCUT2D eigenvalue weighted by Gasteiger charge is -2.44. The van der Waals surface area contributed by atoms with Crippen molar-refractivity contribution in [1.82, 2.24) is 10.2 Å². The van der Waals surface area contributed by atoms with Crippen molar-refractivity contribution in [3.8, 4) is 0 Å². The van der Waals surface area contributed by atoms with Crippen molar-refractivity contribution in [3.63, 3.8) is 0 Å². The van der Waals surface area contributed by atoms with Crippen LogP contribution >= 0.6 is 0 Å². The number of carbonyl (C=O) groups is 1. The van der Waals surface area contributed by atoms with Crippen LogP contribution in [0.15, 0.2) is 0 Å². The second-order valence-electron chi connectivity index (χ2n) is 6.11. The summed E-state index contributed by atoms with van der Waals surface area (Å²) in [6, 6.07) is 0. The van der Waals surface area contributed by atoms with Crippen LogP contribution in [-0.2, 0) is 9.53 Å². The highest BCUT2D eigenvalue weighted by atomic mass is 16.5. The summed E-state index contributed by atoms with van der Waals surface area (Å²) in [6.07, 6.45) is 9.42. The number of carbonyl (C=O) groups excluding carboxylic acids is 1. The Balaban J connectivity index is 1.68. The quantitative estimate of drug-likeness (QED) is 0.773. The van der Waals surface area contributed by atoms with Gasteiger partial charge in [0.05, 0.1) is 13.2 Å². The third-order valence-corrected chi connectivity index (χ3v) is 4.85. The molecule has 0 bridgehead atoms. The van der Waals surface area contributed by atoms with Gasteiger partial charge in [0.15, 0.2) is 0 Å². The van der Waals surface area contributed by atoms with Gasteiger partial charge >= 0.3 is 0 Å². The molecule has 110 valence electrons. The highest BCUT2D eigenvalue weighted by Crippen LogP contribution is 2.44. The Hall–Kier alpha value is -0.610. The fourth-order valence-electron chi connectivity index (χ4n) is 3.51. The minimum atomic E-state index is 0.252. The molecule has 0 unspecified atom stereocenters. The SMILES string of the molecule is COCCNCC(=O)N1CCC2(CCCCC2)CC1. The summed E-state index contributed by atoms with van der Waals surface area (Å²) >= 11 is 0. The summed E-state index contributed by atoms with van der Waals surface area (Å²) in [5, 5.41) is 3.14. The molecule has 2 fully saturated rings. The number of nitrogens with zero attached hydrogens (tertiary/aromatic N) is 1. The van der Waals surface area contributed by atoms with Crippen molar-refractivity contribution < 1.29 is 9.53 Å². The molecule has 0 aromatic heterocycles. The molecule has 0 atom stereocenters. The first-order valence-corrected chi connectivity index (χ1v) is 7.73. The summed E-state index contributed by atoms with van der Waals surface area (Å²) in [6.45, 7) is 3.79. The smallest absolute Gasteiger partial charge is 0.236 e. The number of hydrogen-bond acceptors (Lipinski definition) is 3. The van der Waals surface area contributed by atoms with E-state index in [9.17, 15) is 4.79 Å². The Kier molecular flexibility index (Phi) is 5.64. The summed E-state index contributed by atoms with van der Waals surface area (Å²) in [7, 11) is 1.68. The van der Waals surface area contributed by atoms with Crippen LogP contribution in [0.1, 0.15) is 44.9 Å². The van der Waals surface area contributed by atoms with Crippen molar-refractivity contribution in [2.75, 3.05) is 39.9 Å². The summed E-state index contributed by atoms with van der Waals surface area (Å²) in [4.78, 5) is 14.1. The van der Waals surface area contributed by atoms with Gasteiger partial charge in [-0.3, -0.25) is 4.79 Å². The van der Waals surface area contributed by atoms with E-state index in [0.29, 0.717) is 18.6 Å². The van der Waals surface area contributed by atoms with Crippen LogP contribution in [0.5, 0.6) is 0 Å². The second kappa shape index (κ2) is 7.25. The lowest BCUT2D eigenvalue weighted by molar-refractivity contribution is -0.133. The molecule has 1 saturated carbocycles. The van der Waals surface area contributed by atoms with Crippen molar-refractivity contribution >= 4 is 5.91 Å². The zero-order valence-corrected chi connectivity index (χ0v) is 12.2. The fourth-order valence-corrected chi connectivity index (χ4v) is 3.51. The highest BCUT2D eigenvalue weighted by Gasteiger charge is 2.36. The van der Waals surface area contributed by atoms with E-state index in [1.54, 1.807) is 7.11 Å². The van der Waals surface area contributed by atoms with Gasteiger partial charge in [-0.2, -0.15) is 0 Å². The maximum atomic E-state index is 12.1. The Morgan fingerprint density at radius 3 is 2.47 bits per heavy atom. The molecule has 1 N–H and O–H groups in total. The van der Waals surface area contributed by atoms with E-state index >= 15 is 0 Å². The first-order chi connectivity index (χ1) is 9.26. The number of piperidine rings is 1. The van der Waals surface area contributed by atoms with Crippen LogP contribution in [0, 0.1) is 5.41 Å². The Labute approximate surface area is 116 Å². The van der Waals surface area contributed by atoms with Gasteiger partial charge in [-0.1, -0.05) is 19.3 Å². The zero-order chi connectivity index (χ0) is 13.6. The molecule has 19 heavy (non-hydrogen) atoms. The average molecular weight is 268 g/mol. The molecule has 0 radical (unpaired) electrons. The predicted molar refractivity (Wildman–Crippen MR) is 76.1 cm³/mol. The van der Waals surface area contributed by atoms with Crippen molar-refractivity contribution in [2.45, 2.75) is 44.9 Å². The molecule has 2 aliphatic rings. The number of amides is 1. The maximum Gasteiger partial charge on any atom is 0.236 e. The van der Waals surface area contributed by atoms with Crippen LogP contribution in [-0.4, -0.2) is 50.7 Å². The van der Waals surface area contributed by atoms with Gasteiger partial charge < -0.3 is 15.0 Å². The normalized spacial score (nSPS) is 22.7. The van der Waals surface area contributed by atoms with Crippen LogP contribution in [0.4, 0.5) is 0 Å². The van der Waals surface area contributed by atoms with Gasteiger partial charge in [0, 0.05) is 26.7 Å². The molecule has 1 saturated heterocycles. The van der Waals surface area contributed by atoms with E-state index in [-0.39, 0.29) is 5.91 Å². The minimum absolute atomic E-state index is 0.252. The number of rotatable bonds is 5. The van der Waals surface area contributed by atoms with E-state index in [1.807, 2.05) is 4.90 Å². The molecule has 1 spiro atoms. The van der Waals surface area contributed by atoms with Crippen LogP contribution in [0.25, 0.3) is 0 Å². The first-order valence-electron chi connectivity index (χ1n) is 7.73. The Bertz CT molecular complexity index is 278. The topological polar surface area (TPSA) is 41.6 Å². The molecular weight excluding hydrogens is 240 g/mol. The van der Waals surface area contributed by atoms with Gasteiger partial charge in [0.1, 0.15) is 0 Å². The third-order valence-electron chi connectivity index (χ3n) is 4.85. The summed E-state index contributed by atoms with van der Waals surface area (Å²) in [5.74, 6) is 0.252. The fraction of sp³-hybridized carbons (Fsp3) is 0.933. The van der Waals surface area contributed by atoms with Gasteiger partial charge in [0.2, 0.25) is 5.91 Å². The van der Waals surface area contributed by atoms with E-state index in [1.165, 1.54) is 44.9 Å². The zero-order valence-electron chi connectivity index (χ0n) is 12.2. The number of methoxy groups -OCH3 is 1. The highest BCUT2D eigenvalue weighted by molar-refractivity contribution is 5.78. The molecule has 4 nitrogen and oxygen atoms in total. The molecule has 1 amide bonds. The molecule has 2 rings (SSSR count). The van der Waals surface area contributed by atoms with E-state index in [0.717, 1.165) is 19.6 Å². The number of ether oxygens (including phenoxy) is 1. The van der Waals surface area contributed by atoms with Crippen molar-refractivity contribution in [3.05, 3.63) is 0 Å². The average Bonchev–Trinajstić information content (AvgIpc) is 2.45. The Morgan fingerprint density at radius 2 is 1.84 bits per heavy atom. The molecule has 1 heterocycles. The number of likely N-dealkylation sites (tertiary alicyclic amines) is 1. The van der Waals surface area contributed by atoms with Crippen LogP contribution < -0.4 is 5.32 Å². The predicted octanol–water partition coefficient (Wildman–Crippen LogP) is 1.80. The second-order valence-corrected chi connectivity index (χ2v) is 6.11. The van der Waals surface area contributed by atoms with E-state index < -0.39 is 0 Å². The molecule has 0 aromatic rings.